The number of aliphatic hydroxyl groups excluding tert-OH is 3. The lowest BCUT2D eigenvalue weighted by Gasteiger charge is -2.19. The van der Waals surface area contributed by atoms with Crippen LogP contribution in [0.1, 0.15) is 40.0 Å². The van der Waals surface area contributed by atoms with Crippen LogP contribution in [0.3, 0.4) is 0 Å². The van der Waals surface area contributed by atoms with E-state index in [4.69, 9.17) is 34.9 Å². The van der Waals surface area contributed by atoms with Gasteiger partial charge in [-0.3, -0.25) is 15.0 Å². The molecule has 0 aromatic heterocycles. The standard InChI is InChI=1S/C15H27NO8/c1-9(17)4-13(16)22-7-12(24-15(21)6-11(3)19)8-23-14(20)5-10(2)18/h9-12,16-19H,4-8H2,1-3H3. The van der Waals surface area contributed by atoms with E-state index in [1.165, 1.54) is 20.8 Å². The Kier molecular flexibility index (Phi) is 10.9. The molecule has 0 radical (unpaired) electrons. The zero-order chi connectivity index (χ0) is 18.7. The van der Waals surface area contributed by atoms with Crippen LogP contribution in [0.5, 0.6) is 0 Å². The summed E-state index contributed by atoms with van der Waals surface area (Å²) in [6.45, 7) is 3.81. The van der Waals surface area contributed by atoms with Crippen molar-refractivity contribution in [2.75, 3.05) is 13.2 Å². The summed E-state index contributed by atoms with van der Waals surface area (Å²) in [5.41, 5.74) is 0. The molecule has 0 fully saturated rings. The van der Waals surface area contributed by atoms with Crippen molar-refractivity contribution in [2.24, 2.45) is 0 Å². The molecule has 0 aliphatic rings. The summed E-state index contributed by atoms with van der Waals surface area (Å²) in [5, 5.41) is 34.9. The molecular formula is C15H27NO8. The topological polar surface area (TPSA) is 146 Å². The third-order valence-electron chi connectivity index (χ3n) is 2.58. The molecule has 0 saturated carbocycles. The Labute approximate surface area is 141 Å². The molecule has 0 aliphatic heterocycles. The van der Waals surface area contributed by atoms with Crippen molar-refractivity contribution in [3.8, 4) is 0 Å². The minimum atomic E-state index is -0.969. The average molecular weight is 349 g/mol. The van der Waals surface area contributed by atoms with Gasteiger partial charge >= 0.3 is 11.9 Å². The predicted octanol–water partition coefficient (Wildman–Crippen LogP) is -0.252. The Morgan fingerprint density at radius 1 is 0.833 bits per heavy atom. The highest BCUT2D eigenvalue weighted by molar-refractivity contribution is 5.73. The van der Waals surface area contributed by atoms with Crippen LogP contribution in [0.2, 0.25) is 0 Å². The highest BCUT2D eigenvalue weighted by Gasteiger charge is 2.20. The Morgan fingerprint density at radius 3 is 1.79 bits per heavy atom. The fourth-order valence-corrected chi connectivity index (χ4v) is 1.60. The van der Waals surface area contributed by atoms with Crippen molar-refractivity contribution in [3.05, 3.63) is 0 Å². The number of ether oxygens (including phenoxy) is 3. The molecule has 0 rings (SSSR count). The second-order valence-electron chi connectivity index (χ2n) is 5.69. The van der Waals surface area contributed by atoms with E-state index in [2.05, 4.69) is 0 Å². The number of hydrogen-bond donors (Lipinski definition) is 4. The largest absolute Gasteiger partial charge is 0.477 e. The van der Waals surface area contributed by atoms with Crippen molar-refractivity contribution in [1.29, 1.82) is 5.41 Å². The number of rotatable bonds is 11. The van der Waals surface area contributed by atoms with E-state index in [9.17, 15) is 9.59 Å². The minimum Gasteiger partial charge on any atom is -0.477 e. The summed E-state index contributed by atoms with van der Waals surface area (Å²) >= 11 is 0. The van der Waals surface area contributed by atoms with Gasteiger partial charge in [-0.15, -0.1) is 0 Å². The van der Waals surface area contributed by atoms with Gasteiger partial charge in [-0.2, -0.15) is 0 Å². The molecule has 0 aromatic carbocycles. The predicted molar refractivity (Wildman–Crippen MR) is 83.4 cm³/mol. The van der Waals surface area contributed by atoms with E-state index in [0.29, 0.717) is 0 Å². The minimum absolute atomic E-state index is 0.00381. The molecule has 9 nitrogen and oxygen atoms in total. The summed E-state index contributed by atoms with van der Waals surface area (Å²) in [6, 6.07) is 0. The SMILES string of the molecule is CC(O)CC(=N)OCC(COC(=O)CC(C)O)OC(=O)CC(C)O. The Bertz CT molecular complexity index is 382. The van der Waals surface area contributed by atoms with Crippen LogP contribution in [0.15, 0.2) is 0 Å². The van der Waals surface area contributed by atoms with E-state index >= 15 is 0 Å². The smallest absolute Gasteiger partial charge is 0.308 e. The van der Waals surface area contributed by atoms with Crippen LogP contribution in [0.25, 0.3) is 0 Å². The van der Waals surface area contributed by atoms with Gasteiger partial charge in [-0.1, -0.05) is 0 Å². The third-order valence-corrected chi connectivity index (χ3v) is 2.58. The van der Waals surface area contributed by atoms with Crippen molar-refractivity contribution < 1.29 is 39.1 Å². The molecular weight excluding hydrogens is 322 g/mol. The fourth-order valence-electron chi connectivity index (χ4n) is 1.60. The number of carbonyl (C=O) groups excluding carboxylic acids is 2. The van der Waals surface area contributed by atoms with Crippen LogP contribution in [-0.4, -0.2) is 70.8 Å². The van der Waals surface area contributed by atoms with Gasteiger partial charge in [0.15, 0.2) is 12.0 Å². The van der Waals surface area contributed by atoms with Crippen LogP contribution >= 0.6 is 0 Å². The first-order chi connectivity index (χ1) is 11.1. The van der Waals surface area contributed by atoms with E-state index in [1.54, 1.807) is 0 Å². The van der Waals surface area contributed by atoms with Crippen LogP contribution in [-0.2, 0) is 23.8 Å². The first-order valence-corrected chi connectivity index (χ1v) is 7.69. The third kappa shape index (κ3) is 12.8. The second kappa shape index (κ2) is 11.8. The summed E-state index contributed by atoms with van der Waals surface area (Å²) in [5.74, 6) is -1.57. The summed E-state index contributed by atoms with van der Waals surface area (Å²) in [6.07, 6.45) is -3.90. The highest BCUT2D eigenvalue weighted by Crippen LogP contribution is 2.04. The molecule has 4 N–H and O–H groups in total. The molecule has 0 saturated heterocycles. The maximum Gasteiger partial charge on any atom is 0.308 e. The van der Waals surface area contributed by atoms with E-state index < -0.39 is 36.4 Å². The first-order valence-electron chi connectivity index (χ1n) is 7.69. The maximum absolute atomic E-state index is 11.6. The van der Waals surface area contributed by atoms with Gasteiger partial charge in [0.25, 0.3) is 0 Å². The van der Waals surface area contributed by atoms with Gasteiger partial charge in [-0.25, -0.2) is 0 Å². The molecule has 0 aliphatic carbocycles. The monoisotopic (exact) mass is 349 g/mol. The normalized spacial score (nSPS) is 15.8. The molecule has 24 heavy (non-hydrogen) atoms. The summed E-state index contributed by atoms with van der Waals surface area (Å²) in [4.78, 5) is 23.0. The second-order valence-corrected chi connectivity index (χ2v) is 5.69. The molecule has 140 valence electrons. The molecule has 0 aromatic rings. The van der Waals surface area contributed by atoms with Gasteiger partial charge in [0.1, 0.15) is 13.2 Å². The van der Waals surface area contributed by atoms with Crippen molar-refractivity contribution in [3.63, 3.8) is 0 Å². The zero-order valence-electron chi connectivity index (χ0n) is 14.2. The van der Waals surface area contributed by atoms with E-state index in [1.807, 2.05) is 0 Å². The summed E-state index contributed by atoms with van der Waals surface area (Å²) in [7, 11) is 0. The van der Waals surface area contributed by atoms with E-state index in [-0.39, 0.29) is 38.4 Å². The first kappa shape index (κ1) is 22.3. The highest BCUT2D eigenvalue weighted by atomic mass is 16.6. The van der Waals surface area contributed by atoms with Crippen molar-refractivity contribution >= 4 is 17.8 Å². The molecule has 9 heteroatoms. The van der Waals surface area contributed by atoms with Gasteiger partial charge in [0, 0.05) is 6.42 Å². The molecule has 4 unspecified atom stereocenters. The quantitative estimate of drug-likeness (QED) is 0.227. The lowest BCUT2D eigenvalue weighted by molar-refractivity contribution is -0.163. The van der Waals surface area contributed by atoms with Crippen LogP contribution in [0.4, 0.5) is 0 Å². The lowest BCUT2D eigenvalue weighted by atomic mass is 10.3. The van der Waals surface area contributed by atoms with Crippen LogP contribution < -0.4 is 0 Å². The number of aliphatic hydroxyl groups is 3. The lowest BCUT2D eigenvalue weighted by Crippen LogP contribution is -2.32. The number of nitrogens with one attached hydrogen (secondary N) is 1. The Balaban J connectivity index is 4.50. The Morgan fingerprint density at radius 2 is 1.29 bits per heavy atom. The van der Waals surface area contributed by atoms with Gasteiger partial charge in [0.05, 0.1) is 31.2 Å². The molecule has 0 spiro atoms. The average Bonchev–Trinajstić information content (AvgIpc) is 2.39. The van der Waals surface area contributed by atoms with Crippen molar-refractivity contribution in [2.45, 2.75) is 64.4 Å². The molecule has 0 heterocycles. The number of hydrogen-bond acceptors (Lipinski definition) is 9. The van der Waals surface area contributed by atoms with Gasteiger partial charge in [-0.05, 0) is 20.8 Å². The summed E-state index contributed by atoms with van der Waals surface area (Å²) < 4.78 is 15.0. The molecule has 0 bridgehead atoms. The van der Waals surface area contributed by atoms with E-state index in [0.717, 1.165) is 0 Å². The number of carbonyl (C=O) groups is 2. The van der Waals surface area contributed by atoms with Crippen molar-refractivity contribution in [1.82, 2.24) is 0 Å². The Hall–Kier alpha value is -1.71. The van der Waals surface area contributed by atoms with Gasteiger partial charge < -0.3 is 29.5 Å². The van der Waals surface area contributed by atoms with Gasteiger partial charge in [0.2, 0.25) is 0 Å². The number of esters is 2. The van der Waals surface area contributed by atoms with Crippen LogP contribution in [0, 0.1) is 5.41 Å². The zero-order valence-corrected chi connectivity index (χ0v) is 14.2. The molecule has 4 atom stereocenters. The maximum atomic E-state index is 11.6. The molecule has 0 amide bonds. The fraction of sp³-hybridized carbons (Fsp3) is 0.800.